The van der Waals surface area contributed by atoms with E-state index in [0.717, 1.165) is 0 Å². The van der Waals surface area contributed by atoms with Crippen LogP contribution < -0.4 is 16.0 Å². The third-order valence-corrected chi connectivity index (χ3v) is 4.28. The van der Waals surface area contributed by atoms with Crippen molar-refractivity contribution in [3.05, 3.63) is 0 Å². The van der Waals surface area contributed by atoms with Crippen LogP contribution in [0, 0.1) is 17.8 Å². The fourth-order valence-corrected chi connectivity index (χ4v) is 2.42. The first-order valence-electron chi connectivity index (χ1n) is 9.63. The normalized spacial score (nSPS) is 14.2. The monoisotopic (exact) mass is 415 g/mol. The smallest absolute Gasteiger partial charge is 0.326 e. The zero-order valence-corrected chi connectivity index (χ0v) is 17.8. The molecule has 0 unspecified atom stereocenters. The summed E-state index contributed by atoms with van der Waals surface area (Å²) in [6, 6.07) is -3.37. The Morgan fingerprint density at radius 2 is 1.17 bits per heavy atom. The number of carboxylic acid groups (broad SMARTS) is 2. The second-order valence-corrected chi connectivity index (χ2v) is 7.95. The first-order valence-corrected chi connectivity index (χ1v) is 9.63. The Labute approximate surface area is 170 Å². The van der Waals surface area contributed by atoms with Crippen LogP contribution in [0.1, 0.15) is 54.4 Å². The van der Waals surface area contributed by atoms with E-state index in [1.165, 1.54) is 0 Å². The van der Waals surface area contributed by atoms with Crippen LogP contribution in [-0.2, 0) is 24.0 Å². The lowest BCUT2D eigenvalue weighted by Gasteiger charge is -2.27. The number of rotatable bonds is 12. The van der Waals surface area contributed by atoms with E-state index in [-0.39, 0.29) is 24.2 Å². The second kappa shape index (κ2) is 12.0. The van der Waals surface area contributed by atoms with Crippen LogP contribution in [0.2, 0.25) is 0 Å². The zero-order valence-electron chi connectivity index (χ0n) is 17.8. The number of aliphatic carboxylic acids is 2. The summed E-state index contributed by atoms with van der Waals surface area (Å²) in [5.74, 6) is -5.22. The molecule has 0 fully saturated rings. The van der Waals surface area contributed by atoms with Crippen molar-refractivity contribution in [2.45, 2.75) is 72.5 Å². The summed E-state index contributed by atoms with van der Waals surface area (Å²) >= 11 is 0. The second-order valence-electron chi connectivity index (χ2n) is 7.95. The number of amides is 3. The molecule has 0 aromatic carbocycles. The first-order chi connectivity index (χ1) is 13.3. The molecule has 3 amide bonds. The van der Waals surface area contributed by atoms with Gasteiger partial charge in [-0.2, -0.15) is 0 Å². The van der Waals surface area contributed by atoms with E-state index in [9.17, 15) is 29.1 Å². The Hall–Kier alpha value is -2.65. The molecule has 0 saturated heterocycles. The maximum atomic E-state index is 12.7. The van der Waals surface area contributed by atoms with Crippen molar-refractivity contribution in [1.82, 2.24) is 16.0 Å². The lowest BCUT2D eigenvalue weighted by molar-refractivity contribution is -0.144. The third kappa shape index (κ3) is 9.40. The molecule has 29 heavy (non-hydrogen) atoms. The van der Waals surface area contributed by atoms with Gasteiger partial charge in [0.1, 0.15) is 18.1 Å². The molecule has 0 saturated carbocycles. The fraction of sp³-hybridized carbons (Fsp3) is 0.737. The molecule has 0 aliphatic carbocycles. The molecule has 0 heterocycles. The topological polar surface area (TPSA) is 162 Å². The van der Waals surface area contributed by atoms with Crippen LogP contribution in [0.25, 0.3) is 0 Å². The van der Waals surface area contributed by atoms with E-state index < -0.39 is 54.2 Å². The molecule has 5 N–H and O–H groups in total. The number of nitrogens with one attached hydrogen (secondary N) is 3. The van der Waals surface area contributed by atoms with Gasteiger partial charge in [-0.3, -0.25) is 19.2 Å². The Bertz CT molecular complexity index is 617. The molecule has 166 valence electrons. The Balaban J connectivity index is 5.44. The van der Waals surface area contributed by atoms with E-state index in [0.29, 0.717) is 0 Å². The van der Waals surface area contributed by atoms with Gasteiger partial charge in [0.05, 0.1) is 0 Å². The molecule has 0 rings (SSSR count). The van der Waals surface area contributed by atoms with Gasteiger partial charge in [-0.05, 0) is 18.3 Å². The highest BCUT2D eigenvalue weighted by atomic mass is 16.4. The van der Waals surface area contributed by atoms with Gasteiger partial charge in [-0.15, -0.1) is 0 Å². The highest BCUT2D eigenvalue weighted by Crippen LogP contribution is 2.08. The molecule has 10 nitrogen and oxygen atoms in total. The zero-order chi connectivity index (χ0) is 22.9. The lowest BCUT2D eigenvalue weighted by atomic mass is 10.0. The van der Waals surface area contributed by atoms with E-state index in [4.69, 9.17) is 5.11 Å². The Morgan fingerprint density at radius 3 is 1.55 bits per heavy atom. The van der Waals surface area contributed by atoms with Gasteiger partial charge >= 0.3 is 11.9 Å². The molecule has 3 atom stereocenters. The molecular formula is C19H33N3O7. The fourth-order valence-electron chi connectivity index (χ4n) is 2.42. The minimum absolute atomic E-state index is 0.222. The third-order valence-electron chi connectivity index (χ3n) is 4.28. The number of carbonyl (C=O) groups is 5. The van der Waals surface area contributed by atoms with Crippen LogP contribution in [0.4, 0.5) is 0 Å². The van der Waals surface area contributed by atoms with Crippen molar-refractivity contribution in [3.8, 4) is 0 Å². The van der Waals surface area contributed by atoms with Crippen molar-refractivity contribution in [1.29, 1.82) is 0 Å². The Kier molecular flexibility index (Phi) is 10.9. The van der Waals surface area contributed by atoms with Crippen LogP contribution in [0.15, 0.2) is 0 Å². The number of hydrogen-bond acceptors (Lipinski definition) is 5. The molecule has 0 spiro atoms. The van der Waals surface area contributed by atoms with Crippen LogP contribution in [-0.4, -0.2) is 58.0 Å². The summed E-state index contributed by atoms with van der Waals surface area (Å²) in [4.78, 5) is 59.5. The lowest BCUT2D eigenvalue weighted by Crippen LogP contribution is -2.57. The molecule has 0 bridgehead atoms. The number of carbonyl (C=O) groups excluding carboxylic acids is 3. The van der Waals surface area contributed by atoms with Gasteiger partial charge < -0.3 is 26.2 Å². The SMILES string of the molecule is CC(C)C(=O)N[C@H](C(=O)N[C@@H](CCC(=O)O)C(=O)N[C@H](C(=O)O)C(C)C)C(C)C. The largest absolute Gasteiger partial charge is 0.481 e. The summed E-state index contributed by atoms with van der Waals surface area (Å²) in [6.45, 7) is 10.0. The van der Waals surface area contributed by atoms with E-state index in [1.807, 2.05) is 0 Å². The maximum absolute atomic E-state index is 12.7. The van der Waals surface area contributed by atoms with Crippen molar-refractivity contribution >= 4 is 29.7 Å². The Morgan fingerprint density at radius 1 is 0.690 bits per heavy atom. The predicted octanol–water partition coefficient (Wildman–Crippen LogP) is 0.358. The summed E-state index contributed by atoms with van der Waals surface area (Å²) in [6.07, 6.45) is -0.622. The van der Waals surface area contributed by atoms with Gasteiger partial charge in [-0.25, -0.2) is 4.79 Å². The van der Waals surface area contributed by atoms with Gasteiger partial charge in [0.25, 0.3) is 0 Å². The highest BCUT2D eigenvalue weighted by Gasteiger charge is 2.32. The molecule has 10 heteroatoms. The van der Waals surface area contributed by atoms with Gasteiger partial charge in [-0.1, -0.05) is 41.5 Å². The summed E-state index contributed by atoms with van der Waals surface area (Å²) in [5, 5.41) is 25.6. The van der Waals surface area contributed by atoms with E-state index >= 15 is 0 Å². The van der Waals surface area contributed by atoms with Crippen molar-refractivity contribution in [3.63, 3.8) is 0 Å². The average molecular weight is 415 g/mol. The van der Waals surface area contributed by atoms with Gasteiger partial charge in [0, 0.05) is 12.3 Å². The summed E-state index contributed by atoms with van der Waals surface area (Å²) < 4.78 is 0. The maximum Gasteiger partial charge on any atom is 0.326 e. The highest BCUT2D eigenvalue weighted by molar-refractivity contribution is 5.94. The quantitative estimate of drug-likeness (QED) is 0.307. The molecular weight excluding hydrogens is 382 g/mol. The van der Waals surface area contributed by atoms with Crippen molar-refractivity contribution < 1.29 is 34.2 Å². The van der Waals surface area contributed by atoms with Crippen LogP contribution in [0.3, 0.4) is 0 Å². The number of hydrogen-bond donors (Lipinski definition) is 5. The number of carboxylic acids is 2. The first kappa shape index (κ1) is 26.4. The summed E-state index contributed by atoms with van der Waals surface area (Å²) in [5.41, 5.74) is 0. The minimum Gasteiger partial charge on any atom is -0.481 e. The van der Waals surface area contributed by atoms with E-state index in [1.54, 1.807) is 41.5 Å². The molecule has 0 aliphatic heterocycles. The van der Waals surface area contributed by atoms with E-state index in [2.05, 4.69) is 16.0 Å². The average Bonchev–Trinajstić information content (AvgIpc) is 2.58. The van der Waals surface area contributed by atoms with Crippen LogP contribution in [0.5, 0.6) is 0 Å². The van der Waals surface area contributed by atoms with Gasteiger partial charge in [0.15, 0.2) is 0 Å². The minimum atomic E-state index is -1.25. The van der Waals surface area contributed by atoms with Crippen LogP contribution >= 0.6 is 0 Å². The molecule has 0 aromatic heterocycles. The van der Waals surface area contributed by atoms with Crippen molar-refractivity contribution in [2.75, 3.05) is 0 Å². The molecule has 0 aliphatic rings. The standard InChI is InChI=1S/C19H33N3O7/c1-9(2)14(21-16(25)11(5)6)18(27)20-12(7-8-13(23)24)17(26)22-15(10(3)4)19(28)29/h9-12,14-15H,7-8H2,1-6H3,(H,20,27)(H,21,25)(H,22,26)(H,23,24)(H,28,29)/t12-,14-,15-/m0/s1. The molecule has 0 radical (unpaired) electrons. The van der Waals surface area contributed by atoms with Crippen molar-refractivity contribution in [2.24, 2.45) is 17.8 Å². The molecule has 0 aromatic rings. The predicted molar refractivity (Wildman–Crippen MR) is 105 cm³/mol. The summed E-state index contributed by atoms with van der Waals surface area (Å²) in [7, 11) is 0. The van der Waals surface area contributed by atoms with Gasteiger partial charge in [0.2, 0.25) is 17.7 Å².